The fourth-order valence-corrected chi connectivity index (χ4v) is 8.90. The van der Waals surface area contributed by atoms with Gasteiger partial charge in [-0.05, 0) is 73.9 Å². The molecule has 1 fully saturated rings. The number of hydrogen-bond donors (Lipinski definition) is 11. The number of carboxylic acids is 1. The van der Waals surface area contributed by atoms with E-state index in [2.05, 4.69) is 20.3 Å². The molecular formula is C41H52N4O15. The number of hydrogen-bond acceptors (Lipinski definition) is 14. The lowest BCUT2D eigenvalue weighted by atomic mass is 9.87. The molecule has 0 spiro atoms. The third kappa shape index (κ3) is 7.98. The molecule has 11 N–H and O–H groups in total. The van der Waals surface area contributed by atoms with Crippen LogP contribution in [0.25, 0.3) is 0 Å². The van der Waals surface area contributed by atoms with Gasteiger partial charge < -0.3 is 70.2 Å². The lowest BCUT2D eigenvalue weighted by molar-refractivity contribution is -0.300. The third-order valence-electron chi connectivity index (χ3n) is 12.3. The molecule has 1 saturated heterocycles. The van der Waals surface area contributed by atoms with Crippen LogP contribution in [0, 0.1) is 26.7 Å². The van der Waals surface area contributed by atoms with E-state index in [9.17, 15) is 59.7 Å². The lowest BCUT2D eigenvalue weighted by Crippen LogP contribution is -2.59. The molecule has 5 heterocycles. The quantitative estimate of drug-likeness (QED) is 0.0451. The molecule has 0 bridgehead atoms. The van der Waals surface area contributed by atoms with E-state index in [4.69, 9.17) is 14.2 Å². The Bertz CT molecular complexity index is 2200. The number of aldehydes is 1. The maximum Gasteiger partial charge on any atom is 0.317 e. The number of carboxylic acid groups (broad SMARTS) is 1. The Morgan fingerprint density at radius 1 is 0.883 bits per heavy atom. The molecule has 19 heteroatoms. The van der Waals surface area contributed by atoms with Crippen molar-refractivity contribution >= 4 is 29.9 Å². The highest BCUT2D eigenvalue weighted by molar-refractivity contribution is 6.14. The number of aliphatic hydroxyl groups is 6. The number of Topliss-reactive ketones (excluding diaryl/α,β-unsaturated/α-hetero) is 1. The van der Waals surface area contributed by atoms with Gasteiger partial charge in [0.25, 0.3) is 0 Å². The van der Waals surface area contributed by atoms with Gasteiger partial charge in [0.05, 0.1) is 44.6 Å². The number of methoxy groups -OCH3 is 1. The van der Waals surface area contributed by atoms with Crippen LogP contribution in [0.1, 0.15) is 96.4 Å². The SMILES string of the molecule is COC(=O)[C@@H]1C(=O)c2c([nH]c(Cc3[nH]c(C=O)c(C)c3CCO[C@@H]3O[C@H](CO)[C@@H](O)[C@H](O)[C@H]3O)c2C)[C@H]1c1[nH]c(CC2NC(=O)C(C(O)CO)=C2C)c(C)c1CCC(=O)O. The summed E-state index contributed by atoms with van der Waals surface area (Å²) in [5, 5.41) is 72.6. The summed E-state index contributed by atoms with van der Waals surface area (Å²) >= 11 is 0. The first-order valence-corrected chi connectivity index (χ1v) is 19.6. The van der Waals surface area contributed by atoms with E-state index in [0.29, 0.717) is 73.8 Å². The van der Waals surface area contributed by atoms with E-state index in [-0.39, 0.29) is 49.8 Å². The van der Waals surface area contributed by atoms with E-state index < -0.39 is 91.5 Å². The van der Waals surface area contributed by atoms with Crippen LogP contribution in [-0.2, 0) is 54.3 Å². The molecule has 0 saturated carbocycles. The summed E-state index contributed by atoms with van der Waals surface area (Å²) in [5.74, 6) is -5.19. The minimum atomic E-state index is -1.62. The summed E-state index contributed by atoms with van der Waals surface area (Å²) in [4.78, 5) is 74.4. The number of H-pyrrole nitrogens is 3. The molecule has 2 unspecified atom stereocenters. The number of ketones is 1. The molecule has 19 nitrogen and oxygen atoms in total. The molecule has 0 aromatic carbocycles. The Morgan fingerprint density at radius 2 is 1.58 bits per heavy atom. The van der Waals surface area contributed by atoms with Crippen LogP contribution in [0.4, 0.5) is 0 Å². The zero-order valence-electron chi connectivity index (χ0n) is 33.8. The second-order valence-electron chi connectivity index (χ2n) is 15.6. The number of ether oxygens (including phenoxy) is 3. The summed E-state index contributed by atoms with van der Waals surface area (Å²) in [6, 6.07) is -0.583. The predicted octanol–water partition coefficient (Wildman–Crippen LogP) is -0.796. The molecular weight excluding hydrogens is 788 g/mol. The molecule has 2 aliphatic heterocycles. The number of nitrogens with one attached hydrogen (secondary N) is 4. The Morgan fingerprint density at radius 3 is 2.22 bits per heavy atom. The van der Waals surface area contributed by atoms with Gasteiger partial charge in [-0.1, -0.05) is 0 Å². The molecule has 1 aliphatic carbocycles. The Labute approximate surface area is 343 Å². The Kier molecular flexibility index (Phi) is 13.3. The first kappa shape index (κ1) is 44.6. The number of esters is 1. The fraction of sp³-hybridized carbons (Fsp3) is 0.537. The number of aromatic nitrogens is 3. The number of amides is 1. The molecule has 1 amide bonds. The topological polar surface area (TPSA) is 314 Å². The van der Waals surface area contributed by atoms with Crippen molar-refractivity contribution in [2.24, 2.45) is 5.92 Å². The van der Waals surface area contributed by atoms with Crippen LogP contribution in [0.2, 0.25) is 0 Å². The summed E-state index contributed by atoms with van der Waals surface area (Å²) in [5.41, 5.74) is 6.81. The van der Waals surface area contributed by atoms with Crippen molar-refractivity contribution in [2.45, 2.75) is 109 Å². The zero-order valence-corrected chi connectivity index (χ0v) is 33.8. The number of fused-ring (bicyclic) bond motifs is 1. The summed E-state index contributed by atoms with van der Waals surface area (Å²) in [6.45, 7) is 5.58. The van der Waals surface area contributed by atoms with Gasteiger partial charge in [-0.3, -0.25) is 24.0 Å². The maximum absolute atomic E-state index is 14.3. The number of carbonyl (C=O) groups excluding carboxylic acids is 4. The zero-order chi connectivity index (χ0) is 43.9. The van der Waals surface area contributed by atoms with Crippen LogP contribution in [0.5, 0.6) is 0 Å². The van der Waals surface area contributed by atoms with E-state index in [1.807, 2.05) is 0 Å². The minimum absolute atomic E-state index is 0.0402. The van der Waals surface area contributed by atoms with Crippen molar-refractivity contribution in [3.63, 3.8) is 0 Å². The van der Waals surface area contributed by atoms with Crippen molar-refractivity contribution in [3.8, 4) is 0 Å². The number of carbonyl (C=O) groups is 5. The van der Waals surface area contributed by atoms with Gasteiger partial charge in [0.2, 0.25) is 5.91 Å². The van der Waals surface area contributed by atoms with Crippen LogP contribution in [0.15, 0.2) is 11.1 Å². The molecule has 60 heavy (non-hydrogen) atoms. The lowest BCUT2D eigenvalue weighted by Gasteiger charge is -2.39. The highest BCUT2D eigenvalue weighted by atomic mass is 16.7. The summed E-state index contributed by atoms with van der Waals surface area (Å²) in [6.07, 6.45) is -7.70. The van der Waals surface area contributed by atoms with Crippen molar-refractivity contribution in [1.29, 1.82) is 0 Å². The largest absolute Gasteiger partial charge is 0.481 e. The van der Waals surface area contributed by atoms with Crippen LogP contribution in [-0.4, -0.2) is 150 Å². The minimum Gasteiger partial charge on any atom is -0.481 e. The van der Waals surface area contributed by atoms with Crippen molar-refractivity contribution in [3.05, 3.63) is 78.7 Å². The average Bonchev–Trinajstić information content (AvgIpc) is 3.97. The molecule has 9 atom stereocenters. The van der Waals surface area contributed by atoms with Gasteiger partial charge >= 0.3 is 11.9 Å². The van der Waals surface area contributed by atoms with Crippen LogP contribution < -0.4 is 5.32 Å². The van der Waals surface area contributed by atoms with Gasteiger partial charge in [0.15, 0.2) is 18.4 Å². The molecule has 3 aliphatic rings. The summed E-state index contributed by atoms with van der Waals surface area (Å²) < 4.78 is 16.3. The van der Waals surface area contributed by atoms with Gasteiger partial charge in [-0.2, -0.15) is 0 Å². The highest BCUT2D eigenvalue weighted by Crippen LogP contribution is 2.47. The van der Waals surface area contributed by atoms with Crippen molar-refractivity contribution in [1.82, 2.24) is 20.3 Å². The van der Waals surface area contributed by atoms with E-state index in [1.165, 1.54) is 7.11 Å². The van der Waals surface area contributed by atoms with Crippen molar-refractivity contribution < 1.29 is 73.9 Å². The molecule has 326 valence electrons. The average molecular weight is 841 g/mol. The highest BCUT2D eigenvalue weighted by Gasteiger charge is 2.50. The monoisotopic (exact) mass is 840 g/mol. The van der Waals surface area contributed by atoms with E-state index in [1.54, 1.807) is 27.7 Å². The van der Waals surface area contributed by atoms with Gasteiger partial charge in [0.1, 0.15) is 36.4 Å². The Hall–Kier alpha value is -4.99. The van der Waals surface area contributed by atoms with Gasteiger partial charge in [-0.25, -0.2) is 0 Å². The van der Waals surface area contributed by atoms with Gasteiger partial charge in [0, 0.05) is 58.9 Å². The Balaban J connectivity index is 1.35. The van der Waals surface area contributed by atoms with Crippen LogP contribution in [0.3, 0.4) is 0 Å². The molecule has 3 aromatic rings. The molecule has 6 rings (SSSR count). The first-order valence-electron chi connectivity index (χ1n) is 19.6. The third-order valence-corrected chi connectivity index (χ3v) is 12.3. The number of aliphatic carboxylic acids is 1. The van der Waals surface area contributed by atoms with Gasteiger partial charge in [-0.15, -0.1) is 0 Å². The normalized spacial score (nSPS) is 25.8. The fourth-order valence-electron chi connectivity index (χ4n) is 8.90. The maximum atomic E-state index is 14.3. The second-order valence-corrected chi connectivity index (χ2v) is 15.6. The summed E-state index contributed by atoms with van der Waals surface area (Å²) in [7, 11) is 1.17. The van der Waals surface area contributed by atoms with E-state index in [0.717, 1.165) is 0 Å². The molecule has 3 aromatic heterocycles. The van der Waals surface area contributed by atoms with Crippen LogP contribution >= 0.6 is 0 Å². The van der Waals surface area contributed by atoms with E-state index >= 15 is 0 Å². The number of aromatic amines is 3. The predicted molar refractivity (Wildman–Crippen MR) is 207 cm³/mol. The standard InChI is InChI=1S/C41H52N4O15/c1-15-19(8-9-59-41-38(55)37(54)35(52)27(14-48)60-41)24(42-25(15)12-46)11-22-18(4)30-34(44-22)31(32(36(30)53)40(57)58-5)33-20(6-7-28(50)51)16(2)21(43-33)10-23-17(3)29(26(49)13-47)39(56)45-23/h12,23,26-27,31-32,35,37-38,41-44,47-49,52,54-55H,6-11,13-14H2,1-5H3,(H,45,56)(H,50,51)/t23?,26?,27-,31-,32+,35-,37+,38-,41-/m1/s1. The number of rotatable bonds is 17. The smallest absolute Gasteiger partial charge is 0.317 e. The first-order chi connectivity index (χ1) is 28.5. The van der Waals surface area contributed by atoms with Crippen molar-refractivity contribution in [2.75, 3.05) is 26.9 Å². The molecule has 0 radical (unpaired) electrons. The second kappa shape index (κ2) is 17.9. The number of aliphatic hydroxyl groups excluding tert-OH is 6.